The van der Waals surface area contributed by atoms with E-state index in [9.17, 15) is 0 Å². The Bertz CT molecular complexity index is 1210. The van der Waals surface area contributed by atoms with Gasteiger partial charge < -0.3 is 14.2 Å². The van der Waals surface area contributed by atoms with E-state index < -0.39 is 0 Å². The molecule has 0 unspecified atom stereocenters. The van der Waals surface area contributed by atoms with Gasteiger partial charge in [0.05, 0.1) is 55.2 Å². The normalized spacial score (nSPS) is 27.4. The Morgan fingerprint density at radius 1 is 1.35 bits per heavy atom. The zero-order valence-corrected chi connectivity index (χ0v) is 17.4. The summed E-state index contributed by atoms with van der Waals surface area (Å²) >= 11 is 0. The lowest BCUT2D eigenvalue weighted by molar-refractivity contribution is -0.0102. The molecule has 2 aromatic heterocycles. The predicted octanol–water partition coefficient (Wildman–Crippen LogP) is 3.21. The van der Waals surface area contributed by atoms with Crippen LogP contribution in [-0.4, -0.2) is 38.8 Å². The Morgan fingerprint density at radius 2 is 2.26 bits per heavy atom. The molecule has 3 aromatic rings. The maximum Gasteiger partial charge on any atom is 0.141 e. The predicted molar refractivity (Wildman–Crippen MR) is 110 cm³/mol. The van der Waals surface area contributed by atoms with E-state index in [4.69, 9.17) is 19.5 Å². The van der Waals surface area contributed by atoms with Crippen molar-refractivity contribution in [2.24, 2.45) is 0 Å². The molecule has 3 aliphatic heterocycles. The van der Waals surface area contributed by atoms with E-state index in [0.29, 0.717) is 19.6 Å². The van der Waals surface area contributed by atoms with Gasteiger partial charge in [-0.1, -0.05) is 5.21 Å². The molecule has 1 saturated carbocycles. The first-order valence-corrected chi connectivity index (χ1v) is 10.7. The first-order chi connectivity index (χ1) is 15.1. The number of hydrogen-bond donors (Lipinski definition) is 0. The fraction of sp³-hybridized carbons (Fsp3) is 0.478. The molecule has 158 valence electrons. The standard InChI is InChI=1S/C23H23N5O3/c1-15(21-10-28(27-26-21)22-12-23(13-22,5-6-24)30-14-22)31-17-2-3-20-19(8-17)18-4-7-29-11-16(18)9-25-20/h2-3,8-10,15H,4-5,7,11-14H2,1H3/t15-,22?,23?/m1/s1. The number of rotatable bonds is 5. The highest BCUT2D eigenvalue weighted by Crippen LogP contribution is 2.57. The highest BCUT2D eigenvalue weighted by atomic mass is 16.5. The molecule has 0 N–H and O–H groups in total. The molecule has 1 aromatic carbocycles. The number of hydrogen-bond acceptors (Lipinski definition) is 7. The Labute approximate surface area is 179 Å². The molecule has 0 amide bonds. The fourth-order valence-electron chi connectivity index (χ4n) is 5.26. The number of aromatic nitrogens is 4. The number of benzene rings is 1. The number of ether oxygens (including phenoxy) is 3. The fourth-order valence-corrected chi connectivity index (χ4v) is 5.26. The van der Waals surface area contributed by atoms with Crippen molar-refractivity contribution >= 4 is 10.9 Å². The molecule has 1 aliphatic carbocycles. The topological polar surface area (TPSA) is 95.1 Å². The second-order valence-corrected chi connectivity index (χ2v) is 8.98. The van der Waals surface area contributed by atoms with E-state index in [0.717, 1.165) is 53.8 Å². The van der Waals surface area contributed by atoms with Crippen molar-refractivity contribution in [3.05, 3.63) is 47.4 Å². The van der Waals surface area contributed by atoms with Gasteiger partial charge in [-0.3, -0.25) is 4.98 Å². The van der Waals surface area contributed by atoms with Gasteiger partial charge in [-0.15, -0.1) is 5.10 Å². The number of nitriles is 1. The van der Waals surface area contributed by atoms with Gasteiger partial charge in [-0.2, -0.15) is 5.26 Å². The molecule has 1 atom stereocenters. The SMILES string of the molecule is C[C@@H](Oc1ccc2ncc3c(c2c1)CCOC3)c1cn(C23COC(CC#N)(C2)C3)nn1. The van der Waals surface area contributed by atoms with Crippen molar-refractivity contribution in [2.75, 3.05) is 13.2 Å². The first kappa shape index (κ1) is 18.7. The van der Waals surface area contributed by atoms with Crippen LogP contribution in [0.2, 0.25) is 0 Å². The zero-order chi connectivity index (χ0) is 21.1. The number of pyridine rings is 1. The van der Waals surface area contributed by atoms with Gasteiger partial charge >= 0.3 is 0 Å². The average molecular weight is 417 g/mol. The van der Waals surface area contributed by atoms with Gasteiger partial charge in [0, 0.05) is 24.4 Å². The Hall–Kier alpha value is -3.02. The van der Waals surface area contributed by atoms with Gasteiger partial charge in [0.25, 0.3) is 0 Å². The van der Waals surface area contributed by atoms with Crippen LogP contribution in [0.5, 0.6) is 5.75 Å². The summed E-state index contributed by atoms with van der Waals surface area (Å²) in [6, 6.07) is 8.26. The lowest BCUT2D eigenvalue weighted by atomic mass is 9.67. The lowest BCUT2D eigenvalue weighted by Crippen LogP contribution is -2.50. The largest absolute Gasteiger partial charge is 0.484 e. The molecular weight excluding hydrogens is 394 g/mol. The monoisotopic (exact) mass is 417 g/mol. The minimum atomic E-state index is -0.285. The Kier molecular flexibility index (Phi) is 4.07. The van der Waals surface area contributed by atoms with Crippen molar-refractivity contribution in [3.8, 4) is 11.8 Å². The van der Waals surface area contributed by atoms with Crippen LogP contribution in [0.1, 0.15) is 49.1 Å². The van der Waals surface area contributed by atoms with Gasteiger partial charge in [-0.05, 0) is 42.7 Å². The number of fused-ring (bicyclic) bond motifs is 4. The second-order valence-electron chi connectivity index (χ2n) is 8.98. The van der Waals surface area contributed by atoms with Crippen LogP contribution < -0.4 is 4.74 Å². The highest BCUT2D eigenvalue weighted by molar-refractivity contribution is 5.84. The van der Waals surface area contributed by atoms with Crippen molar-refractivity contribution in [3.63, 3.8) is 0 Å². The highest BCUT2D eigenvalue weighted by Gasteiger charge is 2.64. The van der Waals surface area contributed by atoms with Crippen molar-refractivity contribution in [1.82, 2.24) is 20.0 Å². The molecule has 4 aliphatic rings. The summed E-state index contributed by atoms with van der Waals surface area (Å²) in [5.41, 5.74) is 3.74. The van der Waals surface area contributed by atoms with Gasteiger partial charge in [0.2, 0.25) is 0 Å². The van der Waals surface area contributed by atoms with E-state index in [2.05, 4.69) is 27.4 Å². The van der Waals surface area contributed by atoms with Crippen LogP contribution in [0.15, 0.2) is 30.6 Å². The lowest BCUT2D eigenvalue weighted by Gasteiger charge is -2.42. The van der Waals surface area contributed by atoms with Gasteiger partial charge in [0.1, 0.15) is 17.5 Å². The van der Waals surface area contributed by atoms with Crippen LogP contribution >= 0.6 is 0 Å². The maximum atomic E-state index is 9.03. The molecule has 8 heteroatoms. The number of nitrogens with zero attached hydrogens (tertiary/aromatic N) is 5. The molecular formula is C23H23N5O3. The third kappa shape index (κ3) is 2.92. The summed E-state index contributed by atoms with van der Waals surface area (Å²) in [6.07, 6.45) is 6.58. The molecule has 7 rings (SSSR count). The van der Waals surface area contributed by atoms with Crippen molar-refractivity contribution < 1.29 is 14.2 Å². The third-order valence-corrected chi connectivity index (χ3v) is 6.87. The van der Waals surface area contributed by atoms with Crippen LogP contribution in [0.25, 0.3) is 10.9 Å². The molecule has 0 spiro atoms. The minimum Gasteiger partial charge on any atom is -0.484 e. The molecule has 2 bridgehead atoms. The third-order valence-electron chi connectivity index (χ3n) is 6.87. The van der Waals surface area contributed by atoms with Crippen LogP contribution in [0, 0.1) is 11.3 Å². The van der Waals surface area contributed by atoms with Crippen LogP contribution in [-0.2, 0) is 28.0 Å². The summed E-state index contributed by atoms with van der Waals surface area (Å²) < 4.78 is 19.6. The molecule has 31 heavy (non-hydrogen) atoms. The Morgan fingerprint density at radius 3 is 3.13 bits per heavy atom. The minimum absolute atomic E-state index is 0.169. The summed E-state index contributed by atoms with van der Waals surface area (Å²) in [7, 11) is 0. The van der Waals surface area contributed by atoms with Crippen molar-refractivity contribution in [1.29, 1.82) is 5.26 Å². The average Bonchev–Trinajstić information content (AvgIpc) is 3.48. The molecule has 8 nitrogen and oxygen atoms in total. The zero-order valence-electron chi connectivity index (χ0n) is 17.4. The van der Waals surface area contributed by atoms with Crippen LogP contribution in [0.3, 0.4) is 0 Å². The van der Waals surface area contributed by atoms with Gasteiger partial charge in [-0.25, -0.2) is 4.68 Å². The summed E-state index contributed by atoms with van der Waals surface area (Å²) in [5, 5.41) is 18.9. The van der Waals surface area contributed by atoms with E-state index in [-0.39, 0.29) is 17.2 Å². The maximum absolute atomic E-state index is 9.03. The van der Waals surface area contributed by atoms with Crippen molar-refractivity contribution in [2.45, 2.75) is 56.5 Å². The van der Waals surface area contributed by atoms with Gasteiger partial charge in [0.15, 0.2) is 0 Å². The van der Waals surface area contributed by atoms with E-state index in [1.807, 2.05) is 36.1 Å². The summed E-state index contributed by atoms with van der Waals surface area (Å²) in [6.45, 7) is 3.91. The van der Waals surface area contributed by atoms with E-state index in [1.165, 1.54) is 5.56 Å². The molecule has 3 fully saturated rings. The molecule has 0 radical (unpaired) electrons. The first-order valence-electron chi connectivity index (χ1n) is 10.7. The van der Waals surface area contributed by atoms with E-state index in [1.54, 1.807) is 0 Å². The molecule has 2 saturated heterocycles. The summed E-state index contributed by atoms with van der Waals surface area (Å²) in [5.74, 6) is 0.787. The smallest absolute Gasteiger partial charge is 0.141 e. The van der Waals surface area contributed by atoms with Crippen LogP contribution in [0.4, 0.5) is 0 Å². The summed E-state index contributed by atoms with van der Waals surface area (Å²) in [4.78, 5) is 4.56. The Balaban J connectivity index is 1.22. The second kappa shape index (κ2) is 6.74. The van der Waals surface area contributed by atoms with E-state index >= 15 is 0 Å². The quantitative estimate of drug-likeness (QED) is 0.629. The molecule has 5 heterocycles.